The number of nitrogens with zero attached hydrogens (tertiary/aromatic N) is 1. The van der Waals surface area contributed by atoms with E-state index in [2.05, 4.69) is 0 Å². The summed E-state index contributed by atoms with van der Waals surface area (Å²) in [6.45, 7) is -0.749. The van der Waals surface area contributed by atoms with Gasteiger partial charge in [0.05, 0.1) is 13.0 Å². The van der Waals surface area contributed by atoms with Crippen molar-refractivity contribution in [2.24, 2.45) is 0 Å². The van der Waals surface area contributed by atoms with Crippen LogP contribution in [-0.2, 0) is 21.9 Å². The molecule has 0 radical (unpaired) electrons. The van der Waals surface area contributed by atoms with Gasteiger partial charge in [-0.05, 0) is 0 Å². The molecule has 11 nitrogen and oxygen atoms in total. The first kappa shape index (κ1) is 16.3. The van der Waals surface area contributed by atoms with E-state index in [0.717, 1.165) is 0 Å². The van der Waals surface area contributed by atoms with Crippen molar-refractivity contribution in [1.82, 2.24) is 9.55 Å². The molecule has 22 heavy (non-hydrogen) atoms. The summed E-state index contributed by atoms with van der Waals surface area (Å²) in [5, 5.41) is 47.4. The normalized spacial score (nSPS) is 31.4. The zero-order valence-corrected chi connectivity index (χ0v) is 11.0. The first-order valence-electron chi connectivity index (χ1n) is 6.15. The number of ether oxygens (including phenoxy) is 1. The second kappa shape index (κ2) is 5.62. The SMILES string of the molecule is O=C(O)Cc1cn([C@]2(O)O[C@H](CO)[C@@H](O)[C@H]2O)c(=O)[nH]c1=O. The number of aliphatic hydroxyl groups excluding tert-OH is 3. The standard InChI is InChI=1S/C11H14N2O9/c14-3-5-7(17)8(18)11(21,22-5)13-2-4(1-6(15)16)9(19)12-10(13)20/h2,5,7-8,14,17-18,21H,1,3H2,(H,15,16)(H,12,19,20)/t5-,7-,8-,11-/m1/s1. The lowest BCUT2D eigenvalue weighted by Gasteiger charge is -2.27. The minimum Gasteiger partial charge on any atom is -0.481 e. The number of rotatable bonds is 4. The second-order valence-electron chi connectivity index (χ2n) is 4.79. The molecule has 1 aromatic rings. The Kier molecular flexibility index (Phi) is 4.17. The molecule has 0 aromatic carbocycles. The largest absolute Gasteiger partial charge is 0.481 e. The minimum absolute atomic E-state index is 0.357. The Morgan fingerprint density at radius 1 is 1.41 bits per heavy atom. The fourth-order valence-corrected chi connectivity index (χ4v) is 2.17. The lowest BCUT2D eigenvalue weighted by atomic mass is 10.1. The topological polar surface area (TPSA) is 182 Å². The lowest BCUT2D eigenvalue weighted by molar-refractivity contribution is -0.291. The van der Waals surface area contributed by atoms with E-state index in [1.165, 1.54) is 0 Å². The number of carboxylic acids is 1. The molecule has 6 N–H and O–H groups in total. The molecule has 1 aromatic heterocycles. The van der Waals surface area contributed by atoms with E-state index in [1.807, 2.05) is 0 Å². The van der Waals surface area contributed by atoms with Crippen LogP contribution in [-0.4, -0.2) is 66.0 Å². The third-order valence-corrected chi connectivity index (χ3v) is 3.30. The average Bonchev–Trinajstić information content (AvgIpc) is 2.66. The molecular formula is C11H14N2O9. The van der Waals surface area contributed by atoms with Crippen LogP contribution in [0.2, 0.25) is 0 Å². The van der Waals surface area contributed by atoms with Crippen molar-refractivity contribution >= 4 is 5.97 Å². The third-order valence-electron chi connectivity index (χ3n) is 3.30. The minimum atomic E-state index is -2.76. The van der Waals surface area contributed by atoms with Crippen LogP contribution in [0.25, 0.3) is 0 Å². The van der Waals surface area contributed by atoms with Crippen molar-refractivity contribution in [1.29, 1.82) is 0 Å². The van der Waals surface area contributed by atoms with Crippen LogP contribution >= 0.6 is 0 Å². The molecule has 0 aliphatic carbocycles. The van der Waals surface area contributed by atoms with Gasteiger partial charge in [-0.3, -0.25) is 14.6 Å². The van der Waals surface area contributed by atoms with E-state index in [1.54, 1.807) is 4.98 Å². The molecule has 4 atom stereocenters. The predicted octanol–water partition coefficient (Wildman–Crippen LogP) is -4.12. The molecular weight excluding hydrogens is 304 g/mol. The maximum atomic E-state index is 11.8. The van der Waals surface area contributed by atoms with Gasteiger partial charge in [-0.2, -0.15) is 0 Å². The third kappa shape index (κ3) is 2.55. The number of carboxylic acid groups (broad SMARTS) is 1. The molecule has 0 saturated carbocycles. The first-order valence-corrected chi connectivity index (χ1v) is 6.15. The van der Waals surface area contributed by atoms with Gasteiger partial charge < -0.3 is 30.3 Å². The van der Waals surface area contributed by atoms with Gasteiger partial charge in [-0.25, -0.2) is 9.36 Å². The number of aliphatic hydroxyl groups is 4. The highest BCUT2D eigenvalue weighted by Crippen LogP contribution is 2.32. The highest BCUT2D eigenvalue weighted by molar-refractivity contribution is 5.69. The van der Waals surface area contributed by atoms with Crippen molar-refractivity contribution in [3.05, 3.63) is 32.6 Å². The van der Waals surface area contributed by atoms with Gasteiger partial charge in [0.2, 0.25) is 0 Å². The molecule has 11 heteroatoms. The van der Waals surface area contributed by atoms with Gasteiger partial charge in [-0.1, -0.05) is 0 Å². The maximum Gasteiger partial charge on any atom is 0.332 e. The van der Waals surface area contributed by atoms with Crippen molar-refractivity contribution in [3.63, 3.8) is 0 Å². The van der Waals surface area contributed by atoms with Crippen LogP contribution in [0.5, 0.6) is 0 Å². The Morgan fingerprint density at radius 2 is 2.05 bits per heavy atom. The van der Waals surface area contributed by atoms with E-state index in [-0.39, 0.29) is 5.56 Å². The lowest BCUT2D eigenvalue weighted by Crippen LogP contribution is -2.52. The molecule has 1 saturated heterocycles. The Balaban J connectivity index is 2.54. The fourth-order valence-electron chi connectivity index (χ4n) is 2.17. The van der Waals surface area contributed by atoms with Crippen LogP contribution in [0.3, 0.4) is 0 Å². The molecule has 0 unspecified atom stereocenters. The Hall–Kier alpha value is -2.05. The van der Waals surface area contributed by atoms with Crippen LogP contribution in [0, 0.1) is 0 Å². The molecule has 1 aliphatic rings. The molecule has 2 heterocycles. The molecule has 0 spiro atoms. The number of aliphatic carboxylic acids is 1. The zero-order chi connectivity index (χ0) is 16.7. The average molecular weight is 318 g/mol. The fraction of sp³-hybridized carbons (Fsp3) is 0.545. The summed E-state index contributed by atoms with van der Waals surface area (Å²) in [6, 6.07) is 0. The summed E-state index contributed by atoms with van der Waals surface area (Å²) in [7, 11) is 0. The van der Waals surface area contributed by atoms with E-state index in [0.29, 0.717) is 10.8 Å². The number of carbonyl (C=O) groups is 1. The summed E-state index contributed by atoms with van der Waals surface area (Å²) < 4.78 is 5.25. The highest BCUT2D eigenvalue weighted by atomic mass is 16.7. The van der Waals surface area contributed by atoms with E-state index >= 15 is 0 Å². The number of hydrogen-bond donors (Lipinski definition) is 6. The molecule has 1 fully saturated rings. The zero-order valence-electron chi connectivity index (χ0n) is 11.0. The Morgan fingerprint density at radius 3 is 2.55 bits per heavy atom. The predicted molar refractivity (Wildman–Crippen MR) is 66.8 cm³/mol. The molecule has 1 aliphatic heterocycles. The number of aromatic amines is 1. The second-order valence-corrected chi connectivity index (χ2v) is 4.79. The van der Waals surface area contributed by atoms with Crippen LogP contribution < -0.4 is 11.2 Å². The summed E-state index contributed by atoms with van der Waals surface area (Å²) in [5.74, 6) is -4.12. The van der Waals surface area contributed by atoms with E-state index in [9.17, 15) is 29.7 Å². The van der Waals surface area contributed by atoms with Gasteiger partial charge in [0.15, 0.2) is 6.10 Å². The number of hydrogen-bond acceptors (Lipinski definition) is 8. The highest BCUT2D eigenvalue weighted by Gasteiger charge is 2.55. The number of nitrogens with one attached hydrogen (secondary N) is 1. The summed E-state index contributed by atoms with van der Waals surface area (Å²) in [6.07, 6.45) is -5.11. The van der Waals surface area contributed by atoms with Gasteiger partial charge in [0, 0.05) is 11.8 Å². The number of aromatic nitrogens is 2. The van der Waals surface area contributed by atoms with Crippen LogP contribution in [0.15, 0.2) is 15.8 Å². The summed E-state index contributed by atoms with van der Waals surface area (Å²) in [4.78, 5) is 35.7. The molecule has 2 rings (SSSR count). The van der Waals surface area contributed by atoms with Crippen molar-refractivity contribution in [2.45, 2.75) is 30.6 Å². The first-order chi connectivity index (χ1) is 10.2. The van der Waals surface area contributed by atoms with Crippen LogP contribution in [0.1, 0.15) is 5.56 Å². The Labute approximate surface area is 121 Å². The van der Waals surface area contributed by atoms with Gasteiger partial charge in [0.25, 0.3) is 11.5 Å². The molecule has 0 amide bonds. The number of H-pyrrole nitrogens is 1. The smallest absolute Gasteiger partial charge is 0.332 e. The maximum absolute atomic E-state index is 11.8. The van der Waals surface area contributed by atoms with Gasteiger partial charge in [-0.15, -0.1) is 0 Å². The monoisotopic (exact) mass is 318 g/mol. The van der Waals surface area contributed by atoms with Gasteiger partial charge >= 0.3 is 11.7 Å². The molecule has 122 valence electrons. The van der Waals surface area contributed by atoms with Gasteiger partial charge in [0.1, 0.15) is 12.2 Å². The van der Waals surface area contributed by atoms with E-state index < -0.39 is 54.5 Å². The van der Waals surface area contributed by atoms with E-state index in [4.69, 9.17) is 14.9 Å². The quantitative estimate of drug-likeness (QED) is 0.321. The summed E-state index contributed by atoms with van der Waals surface area (Å²) >= 11 is 0. The van der Waals surface area contributed by atoms with Crippen LogP contribution in [0.4, 0.5) is 0 Å². The Bertz CT molecular complexity index is 696. The summed E-state index contributed by atoms with van der Waals surface area (Å²) in [5.41, 5.74) is -2.54. The van der Waals surface area contributed by atoms with Crippen molar-refractivity contribution in [3.8, 4) is 0 Å². The molecule has 0 bridgehead atoms. The van der Waals surface area contributed by atoms with Crippen molar-refractivity contribution in [2.75, 3.05) is 6.61 Å². The van der Waals surface area contributed by atoms with Crippen molar-refractivity contribution < 1.29 is 35.1 Å².